The monoisotopic (exact) mass is 257 g/mol. The molecule has 1 saturated heterocycles. The van der Waals surface area contributed by atoms with E-state index in [1.165, 1.54) is 45.1 Å². The van der Waals surface area contributed by atoms with Crippen LogP contribution in [0.5, 0.6) is 5.75 Å². The molecule has 2 fully saturated rings. The summed E-state index contributed by atoms with van der Waals surface area (Å²) < 4.78 is 5.48. The number of ether oxygens (including phenoxy) is 1. The molecule has 1 aliphatic heterocycles. The van der Waals surface area contributed by atoms with Crippen molar-refractivity contribution in [2.75, 3.05) is 13.7 Å². The number of benzene rings is 1. The SMILES string of the molecule is COc1ccc2c(c1)[C@@]13CCCC[C@@H]1[C@H](C2)NCC3. The van der Waals surface area contributed by atoms with Gasteiger partial charge in [0.2, 0.25) is 0 Å². The molecule has 1 aromatic rings. The van der Waals surface area contributed by atoms with Crippen LogP contribution in [0.15, 0.2) is 18.2 Å². The van der Waals surface area contributed by atoms with Gasteiger partial charge in [-0.2, -0.15) is 0 Å². The molecule has 1 N–H and O–H groups in total. The Kier molecular flexibility index (Phi) is 2.63. The number of hydrogen-bond donors (Lipinski definition) is 1. The van der Waals surface area contributed by atoms with Gasteiger partial charge in [0.05, 0.1) is 7.11 Å². The van der Waals surface area contributed by atoms with E-state index in [4.69, 9.17) is 4.74 Å². The van der Waals surface area contributed by atoms with Crippen LogP contribution in [-0.2, 0) is 11.8 Å². The Morgan fingerprint density at radius 2 is 2.21 bits per heavy atom. The van der Waals surface area contributed by atoms with E-state index in [0.717, 1.165) is 17.7 Å². The summed E-state index contributed by atoms with van der Waals surface area (Å²) in [6.07, 6.45) is 8.15. The number of methoxy groups -OCH3 is 1. The molecular weight excluding hydrogens is 234 g/mol. The highest BCUT2D eigenvalue weighted by atomic mass is 16.5. The zero-order chi connectivity index (χ0) is 12.9. The Morgan fingerprint density at radius 3 is 3.11 bits per heavy atom. The standard InChI is InChI=1S/C17H23NO/c1-19-13-6-5-12-10-16-14-4-2-3-7-17(14,8-9-18-16)15(12)11-13/h5-6,11,14,16,18H,2-4,7-10H2,1H3/t14-,16+,17-/m1/s1. The van der Waals surface area contributed by atoms with E-state index >= 15 is 0 Å². The Morgan fingerprint density at radius 1 is 1.26 bits per heavy atom. The van der Waals surface area contributed by atoms with Crippen molar-refractivity contribution < 1.29 is 4.74 Å². The van der Waals surface area contributed by atoms with E-state index in [-0.39, 0.29) is 0 Å². The highest BCUT2D eigenvalue weighted by Gasteiger charge is 2.51. The fourth-order valence-electron chi connectivity index (χ4n) is 5.03. The van der Waals surface area contributed by atoms with Crippen LogP contribution in [0.4, 0.5) is 0 Å². The molecule has 0 spiro atoms. The third-order valence-corrected chi connectivity index (χ3v) is 5.85. The van der Waals surface area contributed by atoms with Crippen molar-refractivity contribution in [2.24, 2.45) is 5.92 Å². The molecule has 0 amide bonds. The molecule has 1 aromatic carbocycles. The second-order valence-electron chi connectivity index (χ2n) is 6.55. The summed E-state index contributed by atoms with van der Waals surface area (Å²) in [4.78, 5) is 0. The van der Waals surface area contributed by atoms with Crippen molar-refractivity contribution in [3.63, 3.8) is 0 Å². The molecule has 1 heterocycles. The third-order valence-electron chi connectivity index (χ3n) is 5.85. The van der Waals surface area contributed by atoms with Gasteiger partial charge < -0.3 is 10.1 Å². The summed E-state index contributed by atoms with van der Waals surface area (Å²) in [6.45, 7) is 1.19. The largest absolute Gasteiger partial charge is 0.497 e. The number of nitrogens with one attached hydrogen (secondary N) is 1. The van der Waals surface area contributed by atoms with Crippen molar-refractivity contribution in [1.29, 1.82) is 0 Å². The zero-order valence-corrected chi connectivity index (χ0v) is 11.7. The molecule has 4 rings (SSSR count). The van der Waals surface area contributed by atoms with Crippen LogP contribution in [0, 0.1) is 5.92 Å². The molecule has 19 heavy (non-hydrogen) atoms. The number of piperidine rings is 1. The van der Waals surface area contributed by atoms with E-state index in [1.807, 2.05) is 0 Å². The second kappa shape index (κ2) is 4.24. The maximum atomic E-state index is 5.48. The van der Waals surface area contributed by atoms with E-state index in [9.17, 15) is 0 Å². The predicted molar refractivity (Wildman–Crippen MR) is 76.7 cm³/mol. The maximum Gasteiger partial charge on any atom is 0.119 e. The van der Waals surface area contributed by atoms with Crippen LogP contribution in [0.2, 0.25) is 0 Å². The fraction of sp³-hybridized carbons (Fsp3) is 0.647. The topological polar surface area (TPSA) is 21.3 Å². The summed E-state index contributed by atoms with van der Waals surface area (Å²) in [5.74, 6) is 1.89. The molecule has 3 atom stereocenters. The molecule has 0 unspecified atom stereocenters. The van der Waals surface area contributed by atoms with Gasteiger partial charge in [0.25, 0.3) is 0 Å². The fourth-order valence-corrected chi connectivity index (χ4v) is 5.03. The lowest BCUT2D eigenvalue weighted by atomic mass is 9.53. The van der Waals surface area contributed by atoms with E-state index < -0.39 is 0 Å². The third kappa shape index (κ3) is 1.59. The number of hydrogen-bond acceptors (Lipinski definition) is 2. The predicted octanol–water partition coefficient (Wildman–Crippen LogP) is 3.04. The van der Waals surface area contributed by atoms with Crippen molar-refractivity contribution in [3.05, 3.63) is 29.3 Å². The zero-order valence-electron chi connectivity index (χ0n) is 11.7. The van der Waals surface area contributed by atoms with Gasteiger partial charge in [0.15, 0.2) is 0 Å². The normalized spacial score (nSPS) is 36.3. The first kappa shape index (κ1) is 11.8. The first-order chi connectivity index (χ1) is 9.33. The molecule has 0 radical (unpaired) electrons. The minimum absolute atomic E-state index is 0.455. The van der Waals surface area contributed by atoms with Gasteiger partial charge in [-0.25, -0.2) is 0 Å². The molecule has 2 aliphatic carbocycles. The van der Waals surface area contributed by atoms with Gasteiger partial charge in [-0.1, -0.05) is 18.9 Å². The van der Waals surface area contributed by atoms with Crippen LogP contribution in [0.3, 0.4) is 0 Å². The summed E-state index contributed by atoms with van der Waals surface area (Å²) >= 11 is 0. The molecule has 2 bridgehead atoms. The van der Waals surface area contributed by atoms with Crippen molar-refractivity contribution in [1.82, 2.24) is 5.32 Å². The van der Waals surface area contributed by atoms with Crippen LogP contribution in [0.1, 0.15) is 43.2 Å². The molecule has 0 aromatic heterocycles. The molecule has 3 aliphatic rings. The van der Waals surface area contributed by atoms with Crippen molar-refractivity contribution in [2.45, 2.75) is 50.0 Å². The highest BCUT2D eigenvalue weighted by Crippen LogP contribution is 2.54. The molecule has 1 saturated carbocycles. The van der Waals surface area contributed by atoms with Gasteiger partial charge in [0.1, 0.15) is 5.75 Å². The summed E-state index contributed by atoms with van der Waals surface area (Å²) in [5, 5.41) is 3.78. The Balaban J connectivity index is 1.88. The molecule has 102 valence electrons. The molecule has 2 heteroatoms. The number of fused-ring (bicyclic) bond motifs is 1. The first-order valence-corrected chi connectivity index (χ1v) is 7.74. The van der Waals surface area contributed by atoms with Gasteiger partial charge in [-0.3, -0.25) is 0 Å². The van der Waals surface area contributed by atoms with Crippen LogP contribution < -0.4 is 10.1 Å². The lowest BCUT2D eigenvalue weighted by molar-refractivity contribution is 0.0795. The van der Waals surface area contributed by atoms with Crippen LogP contribution in [-0.4, -0.2) is 19.7 Å². The van der Waals surface area contributed by atoms with Gasteiger partial charge in [0, 0.05) is 11.5 Å². The smallest absolute Gasteiger partial charge is 0.119 e. The van der Waals surface area contributed by atoms with Crippen molar-refractivity contribution >= 4 is 0 Å². The van der Waals surface area contributed by atoms with Crippen LogP contribution in [0.25, 0.3) is 0 Å². The van der Waals surface area contributed by atoms with E-state index in [1.54, 1.807) is 18.2 Å². The highest BCUT2D eigenvalue weighted by molar-refractivity contribution is 5.45. The van der Waals surface area contributed by atoms with E-state index in [2.05, 4.69) is 23.5 Å². The van der Waals surface area contributed by atoms with Gasteiger partial charge in [-0.15, -0.1) is 0 Å². The summed E-state index contributed by atoms with van der Waals surface area (Å²) in [7, 11) is 1.78. The minimum atomic E-state index is 0.455. The maximum absolute atomic E-state index is 5.48. The number of rotatable bonds is 1. The second-order valence-corrected chi connectivity index (χ2v) is 6.55. The van der Waals surface area contributed by atoms with E-state index in [0.29, 0.717) is 5.41 Å². The average molecular weight is 257 g/mol. The summed E-state index contributed by atoms with van der Waals surface area (Å²) in [5.41, 5.74) is 3.64. The summed E-state index contributed by atoms with van der Waals surface area (Å²) in [6, 6.07) is 7.50. The Hall–Kier alpha value is -1.02. The Bertz CT molecular complexity index is 494. The lowest BCUT2D eigenvalue weighted by Crippen LogP contribution is -2.59. The van der Waals surface area contributed by atoms with Crippen molar-refractivity contribution in [3.8, 4) is 5.75 Å². The molecule has 2 nitrogen and oxygen atoms in total. The van der Waals surface area contributed by atoms with Gasteiger partial charge >= 0.3 is 0 Å². The minimum Gasteiger partial charge on any atom is -0.497 e. The lowest BCUT2D eigenvalue weighted by Gasteiger charge is -2.56. The molecular formula is C17H23NO. The Labute approximate surface area is 115 Å². The first-order valence-electron chi connectivity index (χ1n) is 7.74. The average Bonchev–Trinajstić information content (AvgIpc) is 2.47. The quantitative estimate of drug-likeness (QED) is 0.835. The van der Waals surface area contributed by atoms with Crippen LogP contribution >= 0.6 is 0 Å². The van der Waals surface area contributed by atoms with Gasteiger partial charge in [-0.05, 0) is 61.4 Å².